The van der Waals surface area contributed by atoms with E-state index in [0.717, 1.165) is 29.9 Å². The van der Waals surface area contributed by atoms with Gasteiger partial charge in [0.25, 0.3) is 0 Å². The van der Waals surface area contributed by atoms with Crippen molar-refractivity contribution in [3.05, 3.63) is 65.7 Å². The summed E-state index contributed by atoms with van der Waals surface area (Å²) in [5, 5.41) is 0. The second-order valence-corrected chi connectivity index (χ2v) is 9.89. The van der Waals surface area contributed by atoms with Gasteiger partial charge >= 0.3 is 12.2 Å². The number of carbonyl (C=O) groups excluding carboxylic acids is 2. The molecule has 8 nitrogen and oxygen atoms in total. The Labute approximate surface area is 207 Å². The summed E-state index contributed by atoms with van der Waals surface area (Å²) in [5.74, 6) is 0. The first-order valence-electron chi connectivity index (χ1n) is 12.2. The summed E-state index contributed by atoms with van der Waals surface area (Å²) in [4.78, 5) is 30.6. The van der Waals surface area contributed by atoms with Crippen molar-refractivity contribution >= 4 is 17.9 Å². The van der Waals surface area contributed by atoms with Crippen molar-refractivity contribution in [1.29, 1.82) is 0 Å². The van der Waals surface area contributed by atoms with Crippen LogP contribution in [-0.2, 0) is 20.8 Å². The molecule has 2 fully saturated rings. The summed E-state index contributed by atoms with van der Waals surface area (Å²) in [7, 11) is 0. The number of nitrogens with zero attached hydrogens (tertiary/aromatic N) is 3. The predicted molar refractivity (Wildman–Crippen MR) is 133 cm³/mol. The lowest BCUT2D eigenvalue weighted by atomic mass is 10.1. The maximum atomic E-state index is 12.4. The summed E-state index contributed by atoms with van der Waals surface area (Å²) in [6.07, 6.45) is -0.753. The Hall–Kier alpha value is -3.26. The van der Waals surface area contributed by atoms with Gasteiger partial charge in [0.05, 0.1) is 13.2 Å². The van der Waals surface area contributed by atoms with Crippen molar-refractivity contribution in [3.63, 3.8) is 0 Å². The molecule has 0 spiro atoms. The van der Waals surface area contributed by atoms with Gasteiger partial charge in [-0.3, -0.25) is 0 Å². The minimum Gasteiger partial charge on any atom is -0.445 e. The van der Waals surface area contributed by atoms with Crippen LogP contribution in [0.25, 0.3) is 0 Å². The Balaban J connectivity index is 1.26. The van der Waals surface area contributed by atoms with E-state index in [9.17, 15) is 9.59 Å². The van der Waals surface area contributed by atoms with Gasteiger partial charge in [-0.1, -0.05) is 42.5 Å². The third kappa shape index (κ3) is 6.88. The van der Waals surface area contributed by atoms with Gasteiger partial charge in [0.1, 0.15) is 18.3 Å². The Bertz CT molecular complexity index is 982. The molecule has 188 valence electrons. The van der Waals surface area contributed by atoms with Crippen molar-refractivity contribution in [2.75, 3.05) is 50.8 Å². The Morgan fingerprint density at radius 1 is 0.886 bits per heavy atom. The van der Waals surface area contributed by atoms with Gasteiger partial charge in [-0.05, 0) is 44.0 Å². The van der Waals surface area contributed by atoms with E-state index in [1.54, 1.807) is 9.80 Å². The molecule has 0 saturated carbocycles. The number of rotatable bonds is 4. The summed E-state index contributed by atoms with van der Waals surface area (Å²) in [6, 6.07) is 18.0. The number of benzene rings is 2. The van der Waals surface area contributed by atoms with E-state index in [4.69, 9.17) is 14.2 Å². The van der Waals surface area contributed by atoms with Crippen LogP contribution in [0.2, 0.25) is 0 Å². The van der Waals surface area contributed by atoms with E-state index < -0.39 is 5.60 Å². The zero-order chi connectivity index (χ0) is 24.8. The Morgan fingerprint density at radius 3 is 2.23 bits per heavy atom. The highest BCUT2D eigenvalue weighted by Crippen LogP contribution is 2.26. The molecule has 1 unspecified atom stereocenters. The first-order valence-corrected chi connectivity index (χ1v) is 12.2. The van der Waals surface area contributed by atoms with Crippen LogP contribution < -0.4 is 4.90 Å². The first kappa shape index (κ1) is 24.9. The molecular formula is C27H35N3O5. The van der Waals surface area contributed by atoms with Crippen LogP contribution in [-0.4, -0.2) is 73.5 Å². The van der Waals surface area contributed by atoms with E-state index >= 15 is 0 Å². The fraction of sp³-hybridized carbons (Fsp3) is 0.481. The molecule has 0 N–H and O–H groups in total. The number of piperazine rings is 1. The molecule has 0 aromatic heterocycles. The second-order valence-electron chi connectivity index (χ2n) is 9.89. The first-order chi connectivity index (χ1) is 16.8. The maximum absolute atomic E-state index is 12.4. The van der Waals surface area contributed by atoms with Crippen molar-refractivity contribution < 1.29 is 23.8 Å². The average Bonchev–Trinajstić information content (AvgIpc) is 2.87. The largest absolute Gasteiger partial charge is 0.445 e. The van der Waals surface area contributed by atoms with Gasteiger partial charge in [0.15, 0.2) is 0 Å². The zero-order valence-electron chi connectivity index (χ0n) is 20.8. The Morgan fingerprint density at radius 2 is 1.57 bits per heavy atom. The Kier molecular flexibility index (Phi) is 7.80. The highest BCUT2D eigenvalue weighted by molar-refractivity contribution is 5.69. The number of amides is 2. The summed E-state index contributed by atoms with van der Waals surface area (Å²) >= 11 is 0. The fourth-order valence-electron chi connectivity index (χ4n) is 4.20. The number of morpholine rings is 1. The molecule has 1 atom stereocenters. The van der Waals surface area contributed by atoms with Gasteiger partial charge < -0.3 is 28.9 Å². The lowest BCUT2D eigenvalue weighted by Crippen LogP contribution is -2.49. The molecule has 2 aliphatic heterocycles. The summed E-state index contributed by atoms with van der Waals surface area (Å²) < 4.78 is 16.9. The quantitative estimate of drug-likeness (QED) is 0.642. The normalized spacial score (nSPS) is 18.8. The molecule has 8 heteroatoms. The molecule has 2 amide bonds. The molecule has 2 heterocycles. The van der Waals surface area contributed by atoms with Gasteiger partial charge in [0, 0.05) is 38.4 Å². The maximum Gasteiger partial charge on any atom is 0.410 e. The molecule has 2 aromatic rings. The minimum atomic E-state index is -0.519. The lowest BCUT2D eigenvalue weighted by Gasteiger charge is -2.36. The highest BCUT2D eigenvalue weighted by atomic mass is 16.6. The lowest BCUT2D eigenvalue weighted by molar-refractivity contribution is -0.0432. The molecule has 0 aliphatic carbocycles. The van der Waals surface area contributed by atoms with Crippen LogP contribution in [0.15, 0.2) is 54.6 Å². The number of ether oxygens (including phenoxy) is 3. The van der Waals surface area contributed by atoms with Crippen LogP contribution in [0.5, 0.6) is 0 Å². The molecule has 2 aliphatic rings. The van der Waals surface area contributed by atoms with E-state index in [1.165, 1.54) is 0 Å². The fourth-order valence-corrected chi connectivity index (χ4v) is 4.20. The summed E-state index contributed by atoms with van der Waals surface area (Å²) in [5.41, 5.74) is 2.60. The topological polar surface area (TPSA) is 71.5 Å². The number of carbonyl (C=O) groups is 2. The van der Waals surface area contributed by atoms with Crippen LogP contribution in [0.4, 0.5) is 15.3 Å². The van der Waals surface area contributed by atoms with Gasteiger partial charge in [-0.2, -0.15) is 0 Å². The number of hydrogen-bond acceptors (Lipinski definition) is 6. The van der Waals surface area contributed by atoms with Crippen LogP contribution >= 0.6 is 0 Å². The molecule has 35 heavy (non-hydrogen) atoms. The monoisotopic (exact) mass is 481 g/mol. The van der Waals surface area contributed by atoms with Crippen molar-refractivity contribution in [2.24, 2.45) is 0 Å². The predicted octanol–water partition coefficient (Wildman–Crippen LogP) is 4.45. The van der Waals surface area contributed by atoms with E-state index in [0.29, 0.717) is 32.8 Å². The van der Waals surface area contributed by atoms with E-state index in [1.807, 2.05) is 51.1 Å². The molecule has 2 aromatic carbocycles. The van der Waals surface area contributed by atoms with E-state index in [-0.39, 0.29) is 24.9 Å². The molecular weight excluding hydrogens is 446 g/mol. The third-order valence-corrected chi connectivity index (χ3v) is 6.09. The molecule has 4 rings (SSSR count). The average molecular weight is 482 g/mol. The standard InChI is InChI=1S/C27H35N3O5/c1-27(2,3)35-26(32)30-17-18-33-24(19-30)22-9-11-23(12-10-22)28-13-15-29(16-14-28)25(31)34-20-21-7-5-4-6-8-21/h4-12,24H,13-20H2,1-3H3. The van der Waals surface area contributed by atoms with Gasteiger partial charge in [0.2, 0.25) is 0 Å². The smallest absolute Gasteiger partial charge is 0.410 e. The molecule has 2 saturated heterocycles. The SMILES string of the molecule is CC(C)(C)OC(=O)N1CCOC(c2ccc(N3CCN(C(=O)OCc4ccccc4)CC3)cc2)C1. The number of anilines is 1. The van der Waals surface area contributed by atoms with Crippen LogP contribution in [0.1, 0.15) is 38.0 Å². The number of hydrogen-bond donors (Lipinski definition) is 0. The van der Waals surface area contributed by atoms with Crippen molar-refractivity contribution in [3.8, 4) is 0 Å². The van der Waals surface area contributed by atoms with Gasteiger partial charge in [-0.25, -0.2) is 9.59 Å². The van der Waals surface area contributed by atoms with Gasteiger partial charge in [-0.15, -0.1) is 0 Å². The van der Waals surface area contributed by atoms with Crippen molar-refractivity contribution in [2.45, 2.75) is 39.1 Å². The van der Waals surface area contributed by atoms with Crippen LogP contribution in [0.3, 0.4) is 0 Å². The highest BCUT2D eigenvalue weighted by Gasteiger charge is 2.29. The zero-order valence-corrected chi connectivity index (χ0v) is 20.8. The minimum absolute atomic E-state index is 0.179. The van der Waals surface area contributed by atoms with Crippen molar-refractivity contribution in [1.82, 2.24) is 9.80 Å². The van der Waals surface area contributed by atoms with Crippen LogP contribution in [0, 0.1) is 0 Å². The second kappa shape index (κ2) is 11.0. The summed E-state index contributed by atoms with van der Waals surface area (Å²) in [6.45, 7) is 10.1. The van der Waals surface area contributed by atoms with E-state index in [2.05, 4.69) is 29.2 Å². The third-order valence-electron chi connectivity index (χ3n) is 6.09. The molecule has 0 bridgehead atoms. The molecule has 0 radical (unpaired) electrons.